The summed E-state index contributed by atoms with van der Waals surface area (Å²) in [6.07, 6.45) is 63.8. The molecule has 0 bridgehead atoms. The molecule has 0 aromatic rings. The lowest BCUT2D eigenvalue weighted by molar-refractivity contribution is -0.161. The van der Waals surface area contributed by atoms with Crippen molar-refractivity contribution < 1.29 is 80.2 Å². The average Bonchev–Trinajstić information content (AvgIpc) is 0.948. The Bertz CT molecular complexity index is 1940. The number of carbonyl (C=O) groups excluding carboxylic acids is 4. The molecule has 600 valence electrons. The summed E-state index contributed by atoms with van der Waals surface area (Å²) < 4.78 is 68.8. The number of rotatable bonds is 81. The Morgan fingerprint density at radius 1 is 0.267 bits per heavy atom. The number of aliphatic hydroxyl groups excluding tert-OH is 1. The molecule has 0 amide bonds. The van der Waals surface area contributed by atoms with Crippen molar-refractivity contribution in [1.29, 1.82) is 0 Å². The molecule has 17 nitrogen and oxygen atoms in total. The van der Waals surface area contributed by atoms with Crippen LogP contribution in [0.4, 0.5) is 0 Å². The van der Waals surface area contributed by atoms with Crippen molar-refractivity contribution in [1.82, 2.24) is 0 Å². The molecule has 0 aromatic carbocycles. The van der Waals surface area contributed by atoms with Gasteiger partial charge in [-0.25, -0.2) is 9.13 Å². The Hall–Kier alpha value is -1.94. The molecule has 0 rings (SSSR count). The molecule has 0 saturated carbocycles. The molecule has 0 fully saturated rings. The van der Waals surface area contributed by atoms with E-state index in [2.05, 4.69) is 41.5 Å². The standard InChI is InChI=1S/C82H160O17P2/c1-7-9-11-13-15-17-19-21-23-24-25-26-27-29-31-33-42-48-54-60-66-81(86)98-77(70-92-79(84)64-58-52-46-40-32-30-28-22-20-18-16-14-12-10-8-2)72-96-100(88,89)94-68-76(83)69-95-101(90,91)97-73-78(99-82(87)67-61-55-49-43-37-35-39-45-51-57-63-75(5)6)71-93-80(85)65-59-53-47-41-36-34-38-44-50-56-62-74(3)4/h74-78,83H,7-73H2,1-6H3,(H,88,89)(H,90,91)/t76-,77-,78-/m1/s1. The van der Waals surface area contributed by atoms with E-state index < -0.39 is 97.5 Å². The molecule has 0 aliphatic rings. The minimum absolute atomic E-state index is 0.106. The number of ether oxygens (including phenoxy) is 4. The van der Waals surface area contributed by atoms with Crippen molar-refractivity contribution >= 4 is 39.5 Å². The largest absolute Gasteiger partial charge is 0.472 e. The average molecular weight is 1480 g/mol. The van der Waals surface area contributed by atoms with Gasteiger partial charge in [-0.1, -0.05) is 382 Å². The molecule has 3 N–H and O–H groups in total. The van der Waals surface area contributed by atoms with Crippen LogP contribution in [0.1, 0.15) is 433 Å². The molecular weight excluding hydrogens is 1320 g/mol. The molecule has 0 saturated heterocycles. The third kappa shape index (κ3) is 76.1. The second-order valence-electron chi connectivity index (χ2n) is 30.5. The maximum Gasteiger partial charge on any atom is 0.472 e. The first-order chi connectivity index (χ1) is 48.9. The first-order valence-electron chi connectivity index (χ1n) is 42.5. The second-order valence-corrected chi connectivity index (χ2v) is 33.4. The van der Waals surface area contributed by atoms with Gasteiger partial charge in [0.2, 0.25) is 0 Å². The van der Waals surface area contributed by atoms with E-state index in [0.717, 1.165) is 102 Å². The van der Waals surface area contributed by atoms with Crippen LogP contribution in [0, 0.1) is 11.8 Å². The molecular formula is C82H160O17P2. The van der Waals surface area contributed by atoms with E-state index in [-0.39, 0.29) is 25.7 Å². The Kier molecular flexibility index (Phi) is 72.2. The first-order valence-corrected chi connectivity index (χ1v) is 45.5. The van der Waals surface area contributed by atoms with Gasteiger partial charge in [0.25, 0.3) is 0 Å². The molecule has 19 heteroatoms. The van der Waals surface area contributed by atoms with Gasteiger partial charge in [-0.3, -0.25) is 37.3 Å². The molecule has 0 heterocycles. The van der Waals surface area contributed by atoms with E-state index in [4.69, 9.17) is 37.0 Å². The van der Waals surface area contributed by atoms with Crippen LogP contribution in [0.3, 0.4) is 0 Å². The van der Waals surface area contributed by atoms with E-state index in [1.165, 1.54) is 250 Å². The minimum atomic E-state index is -4.96. The summed E-state index contributed by atoms with van der Waals surface area (Å²) in [6, 6.07) is 0. The van der Waals surface area contributed by atoms with Crippen molar-refractivity contribution in [2.45, 2.75) is 452 Å². The number of hydrogen-bond donors (Lipinski definition) is 3. The van der Waals surface area contributed by atoms with Crippen LogP contribution in [0.5, 0.6) is 0 Å². The molecule has 0 aliphatic carbocycles. The van der Waals surface area contributed by atoms with Crippen molar-refractivity contribution in [3.63, 3.8) is 0 Å². The van der Waals surface area contributed by atoms with Crippen LogP contribution in [0.15, 0.2) is 0 Å². The number of phosphoric ester groups is 2. The summed E-state index contributed by atoms with van der Waals surface area (Å²) in [5.41, 5.74) is 0. The predicted molar refractivity (Wildman–Crippen MR) is 414 cm³/mol. The van der Waals surface area contributed by atoms with Crippen LogP contribution in [0.25, 0.3) is 0 Å². The zero-order valence-corrected chi connectivity index (χ0v) is 68.0. The lowest BCUT2D eigenvalue weighted by atomic mass is 10.0. The molecule has 0 aliphatic heterocycles. The Labute approximate surface area is 619 Å². The topological polar surface area (TPSA) is 237 Å². The van der Waals surface area contributed by atoms with Gasteiger partial charge in [-0.05, 0) is 37.5 Å². The number of unbranched alkanes of at least 4 members (excludes halogenated alkanes) is 51. The lowest BCUT2D eigenvalue weighted by Crippen LogP contribution is -2.30. The van der Waals surface area contributed by atoms with E-state index in [1.54, 1.807) is 0 Å². The monoisotopic (exact) mass is 1480 g/mol. The molecule has 0 aromatic heterocycles. The van der Waals surface area contributed by atoms with Gasteiger partial charge in [0, 0.05) is 25.7 Å². The summed E-state index contributed by atoms with van der Waals surface area (Å²) in [5, 5.41) is 10.7. The quantitative estimate of drug-likeness (QED) is 0.0222. The third-order valence-corrected chi connectivity index (χ3v) is 21.1. The van der Waals surface area contributed by atoms with Gasteiger partial charge in [-0.2, -0.15) is 0 Å². The van der Waals surface area contributed by atoms with Crippen molar-refractivity contribution in [2.75, 3.05) is 39.6 Å². The second kappa shape index (κ2) is 73.6. The molecule has 0 spiro atoms. The van der Waals surface area contributed by atoms with E-state index in [0.29, 0.717) is 25.7 Å². The third-order valence-electron chi connectivity index (χ3n) is 19.2. The van der Waals surface area contributed by atoms with E-state index in [1.807, 2.05) is 0 Å². The van der Waals surface area contributed by atoms with Crippen LogP contribution in [-0.2, 0) is 65.4 Å². The molecule has 101 heavy (non-hydrogen) atoms. The molecule has 2 unspecified atom stereocenters. The van der Waals surface area contributed by atoms with Crippen molar-refractivity contribution in [3.05, 3.63) is 0 Å². The SMILES string of the molecule is CCCCCCCCCCCCCCCCCCCCCCC(=O)O[C@H](COC(=O)CCCCCCCCCCCCCCCCC)COP(=O)(O)OC[C@@H](O)COP(=O)(O)OC[C@@H](COC(=O)CCCCCCCCCCCCC(C)C)OC(=O)CCCCCCCCCCCCC(C)C. The lowest BCUT2D eigenvalue weighted by Gasteiger charge is -2.21. The number of phosphoric acid groups is 2. The van der Waals surface area contributed by atoms with Gasteiger partial charge < -0.3 is 33.8 Å². The van der Waals surface area contributed by atoms with Gasteiger partial charge >= 0.3 is 39.5 Å². The summed E-state index contributed by atoms with van der Waals surface area (Å²) in [6.45, 7) is 9.63. The normalized spacial score (nSPS) is 13.9. The highest BCUT2D eigenvalue weighted by Gasteiger charge is 2.30. The minimum Gasteiger partial charge on any atom is -0.462 e. The fourth-order valence-corrected chi connectivity index (χ4v) is 14.3. The van der Waals surface area contributed by atoms with Crippen molar-refractivity contribution in [2.24, 2.45) is 11.8 Å². The zero-order chi connectivity index (χ0) is 74.2. The van der Waals surface area contributed by atoms with Crippen LogP contribution < -0.4 is 0 Å². The van der Waals surface area contributed by atoms with Crippen molar-refractivity contribution in [3.8, 4) is 0 Å². The summed E-state index contributed by atoms with van der Waals surface area (Å²) in [5.74, 6) is -0.596. The van der Waals surface area contributed by atoms with Gasteiger partial charge in [-0.15, -0.1) is 0 Å². The Balaban J connectivity index is 5.25. The van der Waals surface area contributed by atoms with Gasteiger partial charge in [0.1, 0.15) is 19.3 Å². The van der Waals surface area contributed by atoms with Crippen LogP contribution in [0.2, 0.25) is 0 Å². The molecule has 5 atom stereocenters. The summed E-state index contributed by atoms with van der Waals surface area (Å²) >= 11 is 0. The fourth-order valence-electron chi connectivity index (χ4n) is 12.7. The summed E-state index contributed by atoms with van der Waals surface area (Å²) in [7, 11) is -9.92. The Morgan fingerprint density at radius 3 is 0.673 bits per heavy atom. The number of aliphatic hydroxyl groups is 1. The van der Waals surface area contributed by atoms with Gasteiger partial charge in [0.05, 0.1) is 26.4 Å². The zero-order valence-electron chi connectivity index (χ0n) is 66.2. The maximum atomic E-state index is 13.1. The Morgan fingerprint density at radius 2 is 0.455 bits per heavy atom. The first kappa shape index (κ1) is 99.1. The highest BCUT2D eigenvalue weighted by atomic mass is 31.2. The summed E-state index contributed by atoms with van der Waals surface area (Å²) in [4.78, 5) is 73.1. The van der Waals surface area contributed by atoms with Gasteiger partial charge in [0.15, 0.2) is 12.2 Å². The highest BCUT2D eigenvalue weighted by molar-refractivity contribution is 7.47. The predicted octanol–water partition coefficient (Wildman–Crippen LogP) is 24.7. The fraction of sp³-hybridized carbons (Fsp3) is 0.951. The molecule has 0 radical (unpaired) electrons. The van der Waals surface area contributed by atoms with E-state index >= 15 is 0 Å². The van der Waals surface area contributed by atoms with E-state index in [9.17, 15) is 43.2 Å². The highest BCUT2D eigenvalue weighted by Crippen LogP contribution is 2.45. The number of hydrogen-bond acceptors (Lipinski definition) is 15. The number of esters is 4. The van der Waals surface area contributed by atoms with Crippen LogP contribution >= 0.6 is 15.6 Å². The number of carbonyl (C=O) groups is 4. The van der Waals surface area contributed by atoms with Crippen LogP contribution in [-0.4, -0.2) is 96.7 Å². The maximum absolute atomic E-state index is 13.1. The smallest absolute Gasteiger partial charge is 0.462 e.